The molecule has 0 spiro atoms. The van der Waals surface area contributed by atoms with Crippen LogP contribution in [0.3, 0.4) is 0 Å². The van der Waals surface area contributed by atoms with Gasteiger partial charge in [0.15, 0.2) is 5.13 Å². The molecule has 1 amide bonds. The second kappa shape index (κ2) is 5.32. The molecule has 1 aromatic carbocycles. The summed E-state index contributed by atoms with van der Waals surface area (Å²) in [4.78, 5) is 21.0. The van der Waals surface area contributed by atoms with Gasteiger partial charge in [0.2, 0.25) is 0 Å². The average Bonchev–Trinajstić information content (AvgIpc) is 2.67. The number of hydrogen-bond acceptors (Lipinski definition) is 5. The lowest BCUT2D eigenvalue weighted by Crippen LogP contribution is -2.25. The molecule has 0 atom stereocenters. The van der Waals surface area contributed by atoms with E-state index in [0.717, 1.165) is 10.2 Å². The minimum absolute atomic E-state index is 0.260. The van der Waals surface area contributed by atoms with E-state index in [1.165, 1.54) is 11.3 Å². The molecular weight excluding hydrogens is 250 g/mol. The number of nitrogens with one attached hydrogen (secondary N) is 1. The molecule has 3 N–H and O–H groups in total. The van der Waals surface area contributed by atoms with Gasteiger partial charge in [-0.3, -0.25) is 9.63 Å². The number of fused-ring (bicyclic) bond motifs is 1. The normalized spacial score (nSPS) is 11.1. The minimum Gasteiger partial charge on any atom is -0.375 e. The van der Waals surface area contributed by atoms with E-state index < -0.39 is 0 Å². The zero-order valence-electron chi connectivity index (χ0n) is 10.3. The van der Waals surface area contributed by atoms with Gasteiger partial charge in [-0.1, -0.05) is 25.2 Å². The van der Waals surface area contributed by atoms with E-state index in [-0.39, 0.29) is 5.91 Å². The van der Waals surface area contributed by atoms with Crippen LogP contribution in [-0.2, 0) is 4.84 Å². The Morgan fingerprint density at radius 2 is 2.33 bits per heavy atom. The molecule has 0 saturated heterocycles. The third kappa shape index (κ3) is 2.96. The highest BCUT2D eigenvalue weighted by molar-refractivity contribution is 7.22. The zero-order valence-corrected chi connectivity index (χ0v) is 11.1. The van der Waals surface area contributed by atoms with Crippen molar-refractivity contribution < 1.29 is 9.63 Å². The summed E-state index contributed by atoms with van der Waals surface area (Å²) in [5.74, 6) is 0.110. The Morgan fingerprint density at radius 3 is 3.06 bits per heavy atom. The van der Waals surface area contributed by atoms with Gasteiger partial charge < -0.3 is 5.73 Å². The summed E-state index contributed by atoms with van der Waals surface area (Å²) in [7, 11) is 0. The molecule has 0 fully saturated rings. The van der Waals surface area contributed by atoms with Crippen LogP contribution in [0.1, 0.15) is 24.2 Å². The van der Waals surface area contributed by atoms with Gasteiger partial charge in [-0.25, -0.2) is 10.5 Å². The van der Waals surface area contributed by atoms with Crippen LogP contribution in [0.15, 0.2) is 18.2 Å². The fourth-order valence-corrected chi connectivity index (χ4v) is 2.19. The first kappa shape index (κ1) is 12.8. The maximum absolute atomic E-state index is 11.8. The van der Waals surface area contributed by atoms with Gasteiger partial charge in [0.25, 0.3) is 5.91 Å². The number of anilines is 1. The maximum atomic E-state index is 11.8. The first-order valence-electron chi connectivity index (χ1n) is 5.64. The van der Waals surface area contributed by atoms with Crippen LogP contribution < -0.4 is 11.2 Å². The van der Waals surface area contributed by atoms with Gasteiger partial charge in [-0.15, -0.1) is 0 Å². The molecule has 0 saturated carbocycles. The third-order valence-corrected chi connectivity index (χ3v) is 3.10. The molecule has 96 valence electrons. The molecule has 0 aliphatic rings. The number of nitrogen functional groups attached to an aromatic ring is 1. The van der Waals surface area contributed by atoms with Crippen molar-refractivity contribution in [2.24, 2.45) is 5.92 Å². The van der Waals surface area contributed by atoms with Crippen molar-refractivity contribution in [3.8, 4) is 0 Å². The van der Waals surface area contributed by atoms with Crippen LogP contribution >= 0.6 is 11.3 Å². The molecule has 1 heterocycles. The number of amides is 1. The van der Waals surface area contributed by atoms with E-state index in [4.69, 9.17) is 10.6 Å². The van der Waals surface area contributed by atoms with Crippen molar-refractivity contribution in [1.29, 1.82) is 0 Å². The summed E-state index contributed by atoms with van der Waals surface area (Å²) < 4.78 is 0.893. The molecule has 18 heavy (non-hydrogen) atoms. The third-order valence-electron chi connectivity index (χ3n) is 2.25. The largest absolute Gasteiger partial charge is 0.375 e. The van der Waals surface area contributed by atoms with Gasteiger partial charge in [-0.2, -0.15) is 0 Å². The van der Waals surface area contributed by atoms with E-state index in [9.17, 15) is 4.79 Å². The Labute approximate surface area is 109 Å². The summed E-state index contributed by atoms with van der Waals surface area (Å²) in [5, 5.41) is 0.499. The predicted molar refractivity (Wildman–Crippen MR) is 72.3 cm³/mol. The van der Waals surface area contributed by atoms with Gasteiger partial charge in [0.1, 0.15) is 0 Å². The Kier molecular flexibility index (Phi) is 3.78. The van der Waals surface area contributed by atoms with Gasteiger partial charge in [0.05, 0.1) is 16.8 Å². The Hall–Kier alpha value is -1.66. The monoisotopic (exact) mass is 265 g/mol. The zero-order chi connectivity index (χ0) is 13.1. The average molecular weight is 265 g/mol. The van der Waals surface area contributed by atoms with Crippen LogP contribution in [-0.4, -0.2) is 17.5 Å². The van der Waals surface area contributed by atoms with Crippen molar-refractivity contribution in [2.75, 3.05) is 12.3 Å². The Balaban J connectivity index is 2.08. The second-order valence-electron chi connectivity index (χ2n) is 4.37. The number of hydrogen-bond donors (Lipinski definition) is 2. The lowest BCUT2D eigenvalue weighted by molar-refractivity contribution is 0.0209. The van der Waals surface area contributed by atoms with E-state index in [1.54, 1.807) is 18.2 Å². The lowest BCUT2D eigenvalue weighted by Gasteiger charge is -2.07. The predicted octanol–water partition coefficient (Wildman–Crippen LogP) is 2.20. The standard InChI is InChI=1S/C12H15N3O2S/c1-7(2)6-17-15-11(16)8-3-4-9-10(5-8)18-12(13)14-9/h3-5,7H,6H2,1-2H3,(H2,13,14)(H,15,16). The maximum Gasteiger partial charge on any atom is 0.274 e. The van der Waals surface area contributed by atoms with Gasteiger partial charge in [0, 0.05) is 5.56 Å². The number of rotatable bonds is 4. The van der Waals surface area contributed by atoms with Crippen molar-refractivity contribution >= 4 is 32.6 Å². The highest BCUT2D eigenvalue weighted by atomic mass is 32.1. The number of thiazole rings is 1. The Bertz CT molecular complexity index is 565. The van der Waals surface area contributed by atoms with Crippen LogP contribution in [0.25, 0.3) is 10.2 Å². The van der Waals surface area contributed by atoms with Crippen molar-refractivity contribution in [2.45, 2.75) is 13.8 Å². The molecule has 6 heteroatoms. The highest BCUT2D eigenvalue weighted by Crippen LogP contribution is 2.24. The van der Waals surface area contributed by atoms with Crippen LogP contribution in [0, 0.1) is 5.92 Å². The number of nitrogens with two attached hydrogens (primary N) is 1. The topological polar surface area (TPSA) is 77.2 Å². The number of nitrogens with zero attached hydrogens (tertiary/aromatic N) is 1. The molecule has 0 unspecified atom stereocenters. The van der Waals surface area contributed by atoms with Crippen molar-refractivity contribution in [1.82, 2.24) is 10.5 Å². The second-order valence-corrected chi connectivity index (χ2v) is 5.43. The van der Waals surface area contributed by atoms with Crippen molar-refractivity contribution in [3.05, 3.63) is 23.8 Å². The molecule has 2 rings (SSSR count). The Morgan fingerprint density at radius 1 is 1.56 bits per heavy atom. The van der Waals surface area contributed by atoms with Crippen LogP contribution in [0.2, 0.25) is 0 Å². The fraction of sp³-hybridized carbons (Fsp3) is 0.333. The molecular formula is C12H15N3O2S. The lowest BCUT2D eigenvalue weighted by atomic mass is 10.2. The number of benzene rings is 1. The molecule has 0 aliphatic heterocycles. The quantitative estimate of drug-likeness (QED) is 0.831. The SMILES string of the molecule is CC(C)CONC(=O)c1ccc2nc(N)sc2c1. The number of carbonyl (C=O) groups is 1. The molecule has 2 aromatic rings. The fourth-order valence-electron chi connectivity index (χ4n) is 1.42. The molecule has 0 bridgehead atoms. The van der Waals surface area contributed by atoms with Crippen LogP contribution in [0.5, 0.6) is 0 Å². The molecule has 0 aliphatic carbocycles. The molecule has 5 nitrogen and oxygen atoms in total. The van der Waals surface area contributed by atoms with E-state index in [2.05, 4.69) is 10.5 Å². The van der Waals surface area contributed by atoms with E-state index in [0.29, 0.717) is 23.2 Å². The summed E-state index contributed by atoms with van der Waals surface area (Å²) in [6.45, 7) is 4.51. The number of aromatic nitrogens is 1. The summed E-state index contributed by atoms with van der Waals surface area (Å²) in [6, 6.07) is 5.24. The smallest absolute Gasteiger partial charge is 0.274 e. The van der Waals surface area contributed by atoms with Gasteiger partial charge in [-0.05, 0) is 24.1 Å². The highest BCUT2D eigenvalue weighted by Gasteiger charge is 2.09. The first-order chi connectivity index (χ1) is 8.56. The summed E-state index contributed by atoms with van der Waals surface area (Å²) in [5.41, 5.74) is 9.37. The number of carbonyl (C=O) groups excluding carboxylic acids is 1. The van der Waals surface area contributed by atoms with E-state index in [1.807, 2.05) is 13.8 Å². The number of hydroxylamine groups is 1. The van der Waals surface area contributed by atoms with E-state index >= 15 is 0 Å². The minimum atomic E-state index is -0.260. The molecule has 1 aromatic heterocycles. The van der Waals surface area contributed by atoms with Gasteiger partial charge >= 0.3 is 0 Å². The van der Waals surface area contributed by atoms with Crippen molar-refractivity contribution in [3.63, 3.8) is 0 Å². The summed E-state index contributed by atoms with van der Waals surface area (Å²) in [6.07, 6.45) is 0. The first-order valence-corrected chi connectivity index (χ1v) is 6.46. The van der Waals surface area contributed by atoms with Crippen LogP contribution in [0.4, 0.5) is 5.13 Å². The molecule has 0 radical (unpaired) electrons. The summed E-state index contributed by atoms with van der Waals surface area (Å²) >= 11 is 1.36.